The third kappa shape index (κ3) is 2.66. The lowest BCUT2D eigenvalue weighted by atomic mass is 10.1. The van der Waals surface area contributed by atoms with Gasteiger partial charge in [0.15, 0.2) is 0 Å². The molecule has 0 N–H and O–H groups in total. The molecule has 0 saturated carbocycles. The molecule has 2 rings (SSSR count). The largest absolute Gasteiger partial charge is 0.302 e. The lowest BCUT2D eigenvalue weighted by Crippen LogP contribution is -2.05. The summed E-state index contributed by atoms with van der Waals surface area (Å²) in [5, 5.41) is 16.8. The van der Waals surface area contributed by atoms with E-state index in [0.29, 0.717) is 17.3 Å². The van der Waals surface area contributed by atoms with Crippen molar-refractivity contribution in [2.75, 3.05) is 6.26 Å². The SMILES string of the molecule is CS(=O)c1nncn1Cc1ccc(C#N)cc1Br. The van der Waals surface area contributed by atoms with Gasteiger partial charge in [-0.3, -0.25) is 4.21 Å². The predicted molar refractivity (Wildman–Crippen MR) is 70.3 cm³/mol. The Bertz CT molecular complexity index is 647. The van der Waals surface area contributed by atoms with E-state index in [2.05, 4.69) is 32.2 Å². The van der Waals surface area contributed by atoms with Gasteiger partial charge in [0.25, 0.3) is 0 Å². The summed E-state index contributed by atoms with van der Waals surface area (Å²) in [6.45, 7) is 0.508. The number of benzene rings is 1. The third-order valence-corrected chi connectivity index (χ3v) is 3.93. The van der Waals surface area contributed by atoms with E-state index in [1.165, 1.54) is 0 Å². The fourth-order valence-corrected chi connectivity index (χ4v) is 2.61. The van der Waals surface area contributed by atoms with Crippen LogP contribution >= 0.6 is 15.9 Å². The summed E-state index contributed by atoms with van der Waals surface area (Å²) < 4.78 is 14.0. The smallest absolute Gasteiger partial charge is 0.221 e. The zero-order chi connectivity index (χ0) is 13.1. The molecule has 18 heavy (non-hydrogen) atoms. The third-order valence-electron chi connectivity index (χ3n) is 2.36. The van der Waals surface area contributed by atoms with Crippen LogP contribution in [0.2, 0.25) is 0 Å². The predicted octanol–water partition coefficient (Wildman–Crippen LogP) is 1.70. The van der Waals surface area contributed by atoms with Crippen LogP contribution in [-0.2, 0) is 17.3 Å². The molecule has 1 heterocycles. The van der Waals surface area contributed by atoms with Gasteiger partial charge in [-0.1, -0.05) is 22.0 Å². The molecule has 0 amide bonds. The van der Waals surface area contributed by atoms with Gasteiger partial charge >= 0.3 is 0 Å². The van der Waals surface area contributed by atoms with E-state index < -0.39 is 10.8 Å². The number of hydrogen-bond acceptors (Lipinski definition) is 4. The average Bonchev–Trinajstić information content (AvgIpc) is 2.80. The number of rotatable bonds is 3. The lowest BCUT2D eigenvalue weighted by Gasteiger charge is -2.07. The molecule has 0 aliphatic rings. The highest BCUT2D eigenvalue weighted by Crippen LogP contribution is 2.20. The van der Waals surface area contributed by atoms with Crippen LogP contribution in [0.25, 0.3) is 0 Å². The molecule has 0 bridgehead atoms. The zero-order valence-corrected chi connectivity index (χ0v) is 11.9. The van der Waals surface area contributed by atoms with Gasteiger partial charge in [0, 0.05) is 10.7 Å². The van der Waals surface area contributed by atoms with E-state index in [1.54, 1.807) is 29.3 Å². The van der Waals surface area contributed by atoms with Gasteiger partial charge in [-0.15, -0.1) is 10.2 Å². The van der Waals surface area contributed by atoms with E-state index in [-0.39, 0.29) is 0 Å². The number of nitriles is 1. The van der Waals surface area contributed by atoms with Gasteiger partial charge in [-0.25, -0.2) is 0 Å². The highest BCUT2D eigenvalue weighted by atomic mass is 79.9. The van der Waals surface area contributed by atoms with Crippen LogP contribution in [-0.4, -0.2) is 25.2 Å². The molecule has 0 aliphatic heterocycles. The van der Waals surface area contributed by atoms with Crippen LogP contribution in [0.3, 0.4) is 0 Å². The maximum atomic E-state index is 11.4. The van der Waals surface area contributed by atoms with Crippen LogP contribution in [0.15, 0.2) is 34.2 Å². The van der Waals surface area contributed by atoms with Crippen molar-refractivity contribution in [3.8, 4) is 6.07 Å². The van der Waals surface area contributed by atoms with Crippen molar-refractivity contribution >= 4 is 26.7 Å². The second kappa shape index (κ2) is 5.42. The van der Waals surface area contributed by atoms with Gasteiger partial charge in [0.1, 0.15) is 6.33 Å². The highest BCUT2D eigenvalue weighted by molar-refractivity contribution is 9.10. The number of nitrogens with zero attached hydrogens (tertiary/aromatic N) is 4. The molecule has 1 aromatic carbocycles. The van der Waals surface area contributed by atoms with E-state index >= 15 is 0 Å². The molecule has 1 aromatic heterocycles. The summed E-state index contributed by atoms with van der Waals surface area (Å²) in [6, 6.07) is 7.42. The second-order valence-corrected chi connectivity index (χ2v) is 5.74. The van der Waals surface area contributed by atoms with E-state index in [0.717, 1.165) is 10.0 Å². The Labute approximate surface area is 115 Å². The molecule has 0 aliphatic carbocycles. The van der Waals surface area contributed by atoms with Crippen molar-refractivity contribution in [2.45, 2.75) is 11.7 Å². The standard InChI is InChI=1S/C11H9BrN4OS/c1-18(17)11-15-14-7-16(11)6-9-3-2-8(5-13)4-10(9)12/h2-4,7H,6H2,1H3. The molecule has 0 saturated heterocycles. The van der Waals surface area contributed by atoms with Crippen LogP contribution in [0.4, 0.5) is 0 Å². The maximum Gasteiger partial charge on any atom is 0.221 e. The molecule has 2 aromatic rings. The van der Waals surface area contributed by atoms with Crippen molar-refractivity contribution in [3.63, 3.8) is 0 Å². The summed E-state index contributed by atoms with van der Waals surface area (Å²) in [7, 11) is -1.17. The fraction of sp³-hybridized carbons (Fsp3) is 0.182. The van der Waals surface area contributed by atoms with Crippen LogP contribution in [0.5, 0.6) is 0 Å². The first-order valence-electron chi connectivity index (χ1n) is 5.01. The van der Waals surface area contributed by atoms with E-state index in [1.807, 2.05) is 6.07 Å². The van der Waals surface area contributed by atoms with Crippen molar-refractivity contribution in [2.24, 2.45) is 0 Å². The first-order valence-corrected chi connectivity index (χ1v) is 7.36. The molecule has 1 atom stereocenters. The molecular formula is C11H9BrN4OS. The minimum absolute atomic E-state index is 0.436. The normalized spacial score (nSPS) is 12.1. The van der Waals surface area contributed by atoms with Gasteiger partial charge in [-0.2, -0.15) is 5.26 Å². The summed E-state index contributed by atoms with van der Waals surface area (Å²) in [4.78, 5) is 0. The van der Waals surface area contributed by atoms with Crippen molar-refractivity contribution < 1.29 is 4.21 Å². The second-order valence-electron chi connectivity index (χ2n) is 3.61. The monoisotopic (exact) mass is 324 g/mol. The first-order chi connectivity index (χ1) is 8.61. The van der Waals surface area contributed by atoms with Crippen LogP contribution < -0.4 is 0 Å². The van der Waals surface area contributed by atoms with Gasteiger partial charge < -0.3 is 4.57 Å². The Morgan fingerprint density at radius 2 is 2.33 bits per heavy atom. The summed E-state index contributed by atoms with van der Waals surface area (Å²) >= 11 is 3.41. The molecular weight excluding hydrogens is 316 g/mol. The number of hydrogen-bond donors (Lipinski definition) is 0. The maximum absolute atomic E-state index is 11.4. The molecule has 0 radical (unpaired) electrons. The molecule has 92 valence electrons. The Hall–Kier alpha value is -1.52. The average molecular weight is 325 g/mol. The van der Waals surface area contributed by atoms with Crippen molar-refractivity contribution in [1.29, 1.82) is 5.26 Å². The van der Waals surface area contributed by atoms with Gasteiger partial charge in [0.05, 0.1) is 29.0 Å². The summed E-state index contributed by atoms with van der Waals surface area (Å²) in [6.07, 6.45) is 3.11. The van der Waals surface area contributed by atoms with Crippen LogP contribution in [0.1, 0.15) is 11.1 Å². The first kappa shape index (κ1) is 12.9. The summed E-state index contributed by atoms with van der Waals surface area (Å²) in [5.74, 6) is 0. The Morgan fingerprint density at radius 1 is 1.56 bits per heavy atom. The Morgan fingerprint density at radius 3 is 2.94 bits per heavy atom. The number of aromatic nitrogens is 3. The minimum Gasteiger partial charge on any atom is -0.302 e. The van der Waals surface area contributed by atoms with E-state index in [9.17, 15) is 4.21 Å². The van der Waals surface area contributed by atoms with E-state index in [4.69, 9.17) is 5.26 Å². The summed E-state index contributed by atoms with van der Waals surface area (Å²) in [5.41, 5.74) is 1.56. The van der Waals surface area contributed by atoms with Gasteiger partial charge in [0.2, 0.25) is 5.16 Å². The topological polar surface area (TPSA) is 71.6 Å². The Kier molecular flexibility index (Phi) is 3.89. The molecule has 0 spiro atoms. The Balaban J connectivity index is 2.32. The molecule has 1 unspecified atom stereocenters. The van der Waals surface area contributed by atoms with Gasteiger partial charge in [-0.05, 0) is 17.7 Å². The van der Waals surface area contributed by atoms with Crippen molar-refractivity contribution in [3.05, 3.63) is 40.1 Å². The molecule has 0 fully saturated rings. The van der Waals surface area contributed by atoms with Crippen LogP contribution in [0, 0.1) is 11.3 Å². The zero-order valence-electron chi connectivity index (χ0n) is 9.50. The minimum atomic E-state index is -1.17. The lowest BCUT2D eigenvalue weighted by molar-refractivity contribution is 0.653. The highest BCUT2D eigenvalue weighted by Gasteiger charge is 2.10. The number of halogens is 1. The molecule has 5 nitrogen and oxygen atoms in total. The fourth-order valence-electron chi connectivity index (χ4n) is 1.50. The van der Waals surface area contributed by atoms with Crippen molar-refractivity contribution in [1.82, 2.24) is 14.8 Å². The molecule has 7 heteroatoms. The quantitative estimate of drug-likeness (QED) is 0.861.